The molecule has 2 nitrogen and oxygen atoms in total. The average Bonchev–Trinajstić information content (AvgIpc) is 2.26. The maximum atomic E-state index is 5.53. The van der Waals surface area contributed by atoms with Crippen LogP contribution in [-0.2, 0) is 0 Å². The Morgan fingerprint density at radius 1 is 1.25 bits per heavy atom. The molecule has 0 N–H and O–H groups in total. The third kappa shape index (κ3) is 3.84. The lowest BCUT2D eigenvalue weighted by Crippen LogP contribution is -2.07. The highest BCUT2D eigenvalue weighted by atomic mass is 16.5. The van der Waals surface area contributed by atoms with Crippen molar-refractivity contribution in [3.05, 3.63) is 23.9 Å². The fourth-order valence-corrected chi connectivity index (χ4v) is 1.90. The van der Waals surface area contributed by atoms with Gasteiger partial charge in [0.1, 0.15) is 0 Å². The molecule has 0 spiro atoms. The fraction of sp³-hybridized carbons (Fsp3) is 0.643. The Labute approximate surface area is 99.0 Å². The van der Waals surface area contributed by atoms with Gasteiger partial charge in [0.25, 0.3) is 0 Å². The minimum Gasteiger partial charge on any atom is -0.475 e. The minimum atomic E-state index is 0.191. The molecule has 0 amide bonds. The van der Waals surface area contributed by atoms with Gasteiger partial charge in [-0.15, -0.1) is 0 Å². The highest BCUT2D eigenvalue weighted by molar-refractivity contribution is 5.21. The second kappa shape index (κ2) is 6.51. The molecule has 1 aromatic heterocycles. The number of ether oxygens (including phenoxy) is 1. The van der Waals surface area contributed by atoms with Gasteiger partial charge in [-0.05, 0) is 38.2 Å². The van der Waals surface area contributed by atoms with Gasteiger partial charge < -0.3 is 4.74 Å². The molecule has 16 heavy (non-hydrogen) atoms. The summed E-state index contributed by atoms with van der Waals surface area (Å²) >= 11 is 0. The van der Waals surface area contributed by atoms with E-state index in [1.807, 2.05) is 26.1 Å². The molecule has 1 aromatic rings. The number of pyridine rings is 1. The molecule has 0 aromatic carbocycles. The Kier molecular flexibility index (Phi) is 5.30. The topological polar surface area (TPSA) is 22.1 Å². The van der Waals surface area contributed by atoms with Gasteiger partial charge >= 0.3 is 0 Å². The van der Waals surface area contributed by atoms with Gasteiger partial charge in [0, 0.05) is 12.3 Å². The Morgan fingerprint density at radius 3 is 2.44 bits per heavy atom. The normalized spacial score (nSPS) is 12.8. The van der Waals surface area contributed by atoms with Gasteiger partial charge in [-0.3, -0.25) is 0 Å². The average molecular weight is 221 g/mol. The van der Waals surface area contributed by atoms with Crippen molar-refractivity contribution < 1.29 is 4.74 Å². The first-order valence-electron chi connectivity index (χ1n) is 6.30. The quantitative estimate of drug-likeness (QED) is 0.719. The van der Waals surface area contributed by atoms with Crippen molar-refractivity contribution in [2.24, 2.45) is 0 Å². The van der Waals surface area contributed by atoms with Gasteiger partial charge in [0.05, 0.1) is 6.10 Å². The number of hydrogen-bond acceptors (Lipinski definition) is 2. The van der Waals surface area contributed by atoms with E-state index < -0.39 is 0 Å². The van der Waals surface area contributed by atoms with E-state index in [0.29, 0.717) is 5.92 Å². The summed E-state index contributed by atoms with van der Waals surface area (Å²) < 4.78 is 5.53. The summed E-state index contributed by atoms with van der Waals surface area (Å²) in [4.78, 5) is 4.35. The van der Waals surface area contributed by atoms with E-state index in [9.17, 15) is 0 Å². The van der Waals surface area contributed by atoms with Crippen LogP contribution in [0.3, 0.4) is 0 Å². The van der Waals surface area contributed by atoms with Crippen LogP contribution in [-0.4, -0.2) is 11.1 Å². The zero-order valence-electron chi connectivity index (χ0n) is 10.9. The maximum Gasteiger partial charge on any atom is 0.213 e. The van der Waals surface area contributed by atoms with Crippen molar-refractivity contribution in [1.82, 2.24) is 4.98 Å². The molecular weight excluding hydrogens is 198 g/mol. The van der Waals surface area contributed by atoms with E-state index in [2.05, 4.69) is 24.9 Å². The molecule has 1 unspecified atom stereocenters. The first kappa shape index (κ1) is 13.0. The highest BCUT2D eigenvalue weighted by Gasteiger charge is 2.09. The number of nitrogens with zero attached hydrogens (tertiary/aromatic N) is 1. The van der Waals surface area contributed by atoms with Crippen LogP contribution in [0.2, 0.25) is 0 Å². The molecule has 0 saturated heterocycles. The van der Waals surface area contributed by atoms with Crippen LogP contribution in [0.4, 0.5) is 0 Å². The molecule has 0 fully saturated rings. The van der Waals surface area contributed by atoms with E-state index in [-0.39, 0.29) is 6.10 Å². The third-order valence-electron chi connectivity index (χ3n) is 2.72. The van der Waals surface area contributed by atoms with Gasteiger partial charge in [0.15, 0.2) is 0 Å². The number of aromatic nitrogens is 1. The molecule has 1 heterocycles. The molecule has 2 heteroatoms. The standard InChI is InChI=1S/C14H23NO/c1-5-7-12(6-2)13-8-9-14(15-10-13)16-11(3)4/h8-12H,5-7H2,1-4H3. The zero-order chi connectivity index (χ0) is 12.0. The van der Waals surface area contributed by atoms with Gasteiger partial charge in [-0.25, -0.2) is 4.98 Å². The van der Waals surface area contributed by atoms with Crippen LogP contribution in [0.25, 0.3) is 0 Å². The van der Waals surface area contributed by atoms with Crippen LogP contribution >= 0.6 is 0 Å². The van der Waals surface area contributed by atoms with Crippen molar-refractivity contribution in [2.45, 2.75) is 59.0 Å². The smallest absolute Gasteiger partial charge is 0.213 e. The van der Waals surface area contributed by atoms with E-state index >= 15 is 0 Å². The summed E-state index contributed by atoms with van der Waals surface area (Å²) in [7, 11) is 0. The monoisotopic (exact) mass is 221 g/mol. The van der Waals surface area contributed by atoms with Crippen molar-refractivity contribution in [1.29, 1.82) is 0 Å². The third-order valence-corrected chi connectivity index (χ3v) is 2.72. The number of rotatable bonds is 6. The fourth-order valence-electron chi connectivity index (χ4n) is 1.90. The molecule has 0 aliphatic heterocycles. The molecule has 0 radical (unpaired) electrons. The molecule has 1 atom stereocenters. The molecule has 90 valence electrons. The largest absolute Gasteiger partial charge is 0.475 e. The van der Waals surface area contributed by atoms with Crippen LogP contribution in [0.1, 0.15) is 58.4 Å². The second-order valence-electron chi connectivity index (χ2n) is 4.49. The lowest BCUT2D eigenvalue weighted by atomic mass is 9.93. The van der Waals surface area contributed by atoms with Crippen LogP contribution in [0.5, 0.6) is 5.88 Å². The van der Waals surface area contributed by atoms with Crippen LogP contribution < -0.4 is 4.74 Å². The van der Waals surface area contributed by atoms with E-state index in [1.165, 1.54) is 24.8 Å². The van der Waals surface area contributed by atoms with E-state index in [4.69, 9.17) is 4.74 Å². The molecular formula is C14H23NO. The lowest BCUT2D eigenvalue weighted by molar-refractivity contribution is 0.232. The number of hydrogen-bond donors (Lipinski definition) is 0. The molecule has 1 rings (SSSR count). The second-order valence-corrected chi connectivity index (χ2v) is 4.49. The van der Waals surface area contributed by atoms with Gasteiger partial charge in [-0.2, -0.15) is 0 Å². The minimum absolute atomic E-state index is 0.191. The van der Waals surface area contributed by atoms with Crippen molar-refractivity contribution in [3.8, 4) is 5.88 Å². The SMILES string of the molecule is CCCC(CC)c1ccc(OC(C)C)nc1. The zero-order valence-corrected chi connectivity index (χ0v) is 10.9. The first-order chi connectivity index (χ1) is 7.67. The predicted octanol–water partition coefficient (Wildman–Crippen LogP) is 4.16. The maximum absolute atomic E-state index is 5.53. The highest BCUT2D eigenvalue weighted by Crippen LogP contribution is 2.25. The summed E-state index contributed by atoms with van der Waals surface area (Å²) in [6, 6.07) is 4.13. The molecule has 0 aliphatic rings. The van der Waals surface area contributed by atoms with Crippen molar-refractivity contribution in [3.63, 3.8) is 0 Å². The van der Waals surface area contributed by atoms with Crippen molar-refractivity contribution in [2.75, 3.05) is 0 Å². The summed E-state index contributed by atoms with van der Waals surface area (Å²) in [6.45, 7) is 8.49. The molecule has 0 bridgehead atoms. The summed E-state index contributed by atoms with van der Waals surface area (Å²) in [5.74, 6) is 1.37. The summed E-state index contributed by atoms with van der Waals surface area (Å²) in [5.41, 5.74) is 1.33. The lowest BCUT2D eigenvalue weighted by Gasteiger charge is -2.14. The Balaban J connectivity index is 2.69. The van der Waals surface area contributed by atoms with Gasteiger partial charge in [0.2, 0.25) is 5.88 Å². The molecule has 0 aliphatic carbocycles. The van der Waals surface area contributed by atoms with E-state index in [0.717, 1.165) is 5.88 Å². The summed E-state index contributed by atoms with van der Waals surface area (Å²) in [6.07, 6.45) is 5.79. The van der Waals surface area contributed by atoms with Gasteiger partial charge in [-0.1, -0.05) is 26.3 Å². The van der Waals surface area contributed by atoms with E-state index in [1.54, 1.807) is 0 Å². The Bertz CT molecular complexity index is 292. The van der Waals surface area contributed by atoms with Crippen molar-refractivity contribution >= 4 is 0 Å². The van der Waals surface area contributed by atoms with Crippen LogP contribution in [0.15, 0.2) is 18.3 Å². The van der Waals surface area contributed by atoms with Crippen LogP contribution in [0, 0.1) is 0 Å². The Hall–Kier alpha value is -1.05. The first-order valence-corrected chi connectivity index (χ1v) is 6.30. The molecule has 0 saturated carbocycles. The Morgan fingerprint density at radius 2 is 2.00 bits per heavy atom. The summed E-state index contributed by atoms with van der Waals surface area (Å²) in [5, 5.41) is 0. The predicted molar refractivity (Wildman–Crippen MR) is 67.9 cm³/mol.